The van der Waals surface area contributed by atoms with E-state index in [1.54, 1.807) is 30.3 Å². The van der Waals surface area contributed by atoms with E-state index in [4.69, 9.17) is 0 Å². The van der Waals surface area contributed by atoms with Gasteiger partial charge in [-0.25, -0.2) is 8.42 Å². The molecule has 1 aliphatic heterocycles. The second-order valence-corrected chi connectivity index (χ2v) is 8.74. The molecule has 0 radical (unpaired) electrons. The summed E-state index contributed by atoms with van der Waals surface area (Å²) >= 11 is 0. The average molecular weight is 391 g/mol. The van der Waals surface area contributed by atoms with Crippen LogP contribution in [-0.2, 0) is 27.9 Å². The summed E-state index contributed by atoms with van der Waals surface area (Å²) in [6.45, 7) is 5.92. The van der Waals surface area contributed by atoms with E-state index in [1.165, 1.54) is 4.31 Å². The topological polar surface area (TPSA) is 84.3 Å². The molecule has 1 aromatic carbocycles. The summed E-state index contributed by atoms with van der Waals surface area (Å²) in [5.74, 6) is -0.177. The standard InChI is InChI=1S/C19H26N4O3S/c1-3-22-14-17(15(2)21-22)13-20-19(24)16-9-11-23(12-10-16)27(25,26)18-7-5-4-6-8-18/h4-8,14,16H,3,9-13H2,1-2H3,(H,20,24). The van der Waals surface area contributed by atoms with Crippen molar-refractivity contribution in [3.63, 3.8) is 0 Å². The molecule has 7 nitrogen and oxygen atoms in total. The minimum atomic E-state index is -3.48. The Bertz CT molecular complexity index is 885. The first kappa shape index (κ1) is 19.6. The molecule has 146 valence electrons. The Morgan fingerprint density at radius 2 is 1.89 bits per heavy atom. The quantitative estimate of drug-likeness (QED) is 0.817. The Balaban J connectivity index is 1.54. The highest BCUT2D eigenvalue weighted by Gasteiger charge is 2.31. The summed E-state index contributed by atoms with van der Waals surface area (Å²) in [7, 11) is -3.48. The number of nitrogens with one attached hydrogen (secondary N) is 1. The molecule has 0 spiro atoms. The van der Waals surface area contributed by atoms with Crippen LogP contribution >= 0.6 is 0 Å². The minimum Gasteiger partial charge on any atom is -0.352 e. The Kier molecular flexibility index (Phi) is 5.96. The Morgan fingerprint density at radius 1 is 1.22 bits per heavy atom. The fraction of sp³-hybridized carbons (Fsp3) is 0.474. The van der Waals surface area contributed by atoms with Gasteiger partial charge in [-0.3, -0.25) is 9.48 Å². The number of nitrogens with zero attached hydrogens (tertiary/aromatic N) is 3. The number of carbonyl (C=O) groups excluding carboxylic acids is 1. The normalized spacial score (nSPS) is 16.4. The summed E-state index contributed by atoms with van der Waals surface area (Å²) in [6, 6.07) is 8.44. The molecule has 2 heterocycles. The van der Waals surface area contributed by atoms with Gasteiger partial charge in [-0.05, 0) is 38.8 Å². The number of hydrogen-bond acceptors (Lipinski definition) is 4. The first-order valence-electron chi connectivity index (χ1n) is 9.27. The Hall–Kier alpha value is -2.19. The second-order valence-electron chi connectivity index (χ2n) is 6.80. The summed E-state index contributed by atoms with van der Waals surface area (Å²) in [4.78, 5) is 12.8. The third-order valence-electron chi connectivity index (χ3n) is 5.03. The van der Waals surface area contributed by atoms with Gasteiger partial charge in [0.2, 0.25) is 15.9 Å². The minimum absolute atomic E-state index is 0.0181. The third kappa shape index (κ3) is 4.39. The highest BCUT2D eigenvalue weighted by atomic mass is 32.2. The number of piperidine rings is 1. The molecule has 0 aliphatic carbocycles. The van der Waals surface area contributed by atoms with Crippen LogP contribution in [0.25, 0.3) is 0 Å². The highest BCUT2D eigenvalue weighted by molar-refractivity contribution is 7.89. The predicted octanol–water partition coefficient (Wildman–Crippen LogP) is 1.93. The number of benzene rings is 1. The highest BCUT2D eigenvalue weighted by Crippen LogP contribution is 2.24. The number of sulfonamides is 1. The van der Waals surface area contributed by atoms with E-state index in [9.17, 15) is 13.2 Å². The fourth-order valence-electron chi connectivity index (χ4n) is 3.32. The maximum atomic E-state index is 12.7. The van der Waals surface area contributed by atoms with Gasteiger partial charge >= 0.3 is 0 Å². The van der Waals surface area contributed by atoms with Gasteiger partial charge in [0.05, 0.1) is 10.6 Å². The summed E-state index contributed by atoms with van der Waals surface area (Å²) < 4.78 is 28.6. The second kappa shape index (κ2) is 8.22. The lowest BCUT2D eigenvalue weighted by molar-refractivity contribution is -0.126. The molecule has 0 atom stereocenters. The van der Waals surface area contributed by atoms with Crippen LogP contribution in [0.5, 0.6) is 0 Å². The van der Waals surface area contributed by atoms with Crippen molar-refractivity contribution < 1.29 is 13.2 Å². The molecule has 0 saturated carbocycles. The fourth-order valence-corrected chi connectivity index (χ4v) is 4.81. The van der Waals surface area contributed by atoms with Crippen LogP contribution in [0.4, 0.5) is 0 Å². The van der Waals surface area contributed by atoms with Crippen LogP contribution in [0.3, 0.4) is 0 Å². The SMILES string of the molecule is CCn1cc(CNC(=O)C2CCN(S(=O)(=O)c3ccccc3)CC2)c(C)n1. The van der Waals surface area contributed by atoms with Crippen molar-refractivity contribution >= 4 is 15.9 Å². The number of rotatable bonds is 6. The van der Waals surface area contributed by atoms with Crippen molar-refractivity contribution in [2.45, 2.75) is 44.7 Å². The predicted molar refractivity (Wildman–Crippen MR) is 102 cm³/mol. The molecular formula is C19H26N4O3S. The van der Waals surface area contributed by atoms with Crippen molar-refractivity contribution in [3.05, 3.63) is 47.8 Å². The third-order valence-corrected chi connectivity index (χ3v) is 6.94. The number of aryl methyl sites for hydroxylation is 2. The van der Waals surface area contributed by atoms with Gasteiger partial charge in [-0.2, -0.15) is 9.40 Å². The molecule has 0 bridgehead atoms. The van der Waals surface area contributed by atoms with Gasteiger partial charge < -0.3 is 5.32 Å². The zero-order valence-electron chi connectivity index (χ0n) is 15.8. The van der Waals surface area contributed by atoms with Crippen LogP contribution in [0.2, 0.25) is 0 Å². The van der Waals surface area contributed by atoms with Crippen molar-refractivity contribution in [2.24, 2.45) is 5.92 Å². The zero-order chi connectivity index (χ0) is 19.4. The van der Waals surface area contributed by atoms with Gasteiger partial charge in [-0.15, -0.1) is 0 Å². The van der Waals surface area contributed by atoms with Gasteiger partial charge in [-0.1, -0.05) is 18.2 Å². The van der Waals surface area contributed by atoms with E-state index < -0.39 is 10.0 Å². The largest absolute Gasteiger partial charge is 0.352 e. The Morgan fingerprint density at radius 3 is 2.48 bits per heavy atom. The van der Waals surface area contributed by atoms with Gasteiger partial charge in [0.15, 0.2) is 0 Å². The molecule has 1 saturated heterocycles. The Labute approximate surface area is 160 Å². The maximum absolute atomic E-state index is 12.7. The van der Waals surface area contributed by atoms with E-state index in [0.29, 0.717) is 37.4 Å². The van der Waals surface area contributed by atoms with Crippen molar-refractivity contribution in [2.75, 3.05) is 13.1 Å². The van der Waals surface area contributed by atoms with E-state index in [0.717, 1.165) is 17.8 Å². The molecule has 3 rings (SSSR count). The lowest BCUT2D eigenvalue weighted by atomic mass is 9.97. The summed E-state index contributed by atoms with van der Waals surface area (Å²) in [5.41, 5.74) is 1.93. The monoisotopic (exact) mass is 390 g/mol. The molecule has 0 unspecified atom stereocenters. The van der Waals surface area contributed by atoms with E-state index in [2.05, 4.69) is 10.4 Å². The molecule has 1 aliphatic rings. The van der Waals surface area contributed by atoms with Crippen LogP contribution in [0.1, 0.15) is 31.0 Å². The smallest absolute Gasteiger partial charge is 0.243 e. The van der Waals surface area contributed by atoms with Gasteiger partial charge in [0.1, 0.15) is 0 Å². The van der Waals surface area contributed by atoms with Crippen molar-refractivity contribution in [1.82, 2.24) is 19.4 Å². The average Bonchev–Trinajstić information content (AvgIpc) is 3.06. The van der Waals surface area contributed by atoms with Crippen molar-refractivity contribution in [1.29, 1.82) is 0 Å². The summed E-state index contributed by atoms with van der Waals surface area (Å²) in [5, 5.41) is 7.35. The molecule has 1 amide bonds. The molecule has 1 fully saturated rings. The van der Waals surface area contributed by atoms with Crippen LogP contribution < -0.4 is 5.32 Å². The van der Waals surface area contributed by atoms with Crippen LogP contribution in [0, 0.1) is 12.8 Å². The van der Waals surface area contributed by atoms with Crippen molar-refractivity contribution in [3.8, 4) is 0 Å². The lowest BCUT2D eigenvalue weighted by Gasteiger charge is -2.30. The number of carbonyl (C=O) groups is 1. The van der Waals surface area contributed by atoms with Gasteiger partial charge in [0, 0.05) is 43.9 Å². The zero-order valence-corrected chi connectivity index (χ0v) is 16.6. The molecule has 1 aromatic heterocycles. The first-order chi connectivity index (χ1) is 12.9. The van der Waals surface area contributed by atoms with Crippen LogP contribution in [0.15, 0.2) is 41.4 Å². The summed E-state index contributed by atoms with van der Waals surface area (Å²) in [6.07, 6.45) is 3.01. The van der Waals surface area contributed by atoms with E-state index in [-0.39, 0.29) is 11.8 Å². The molecule has 2 aromatic rings. The first-order valence-corrected chi connectivity index (χ1v) is 10.7. The number of aromatic nitrogens is 2. The van der Waals surface area contributed by atoms with Crippen LogP contribution in [-0.4, -0.2) is 41.5 Å². The van der Waals surface area contributed by atoms with Gasteiger partial charge in [0.25, 0.3) is 0 Å². The van der Waals surface area contributed by atoms with E-state index in [1.807, 2.05) is 24.7 Å². The lowest BCUT2D eigenvalue weighted by Crippen LogP contribution is -2.42. The molecular weight excluding hydrogens is 364 g/mol. The maximum Gasteiger partial charge on any atom is 0.243 e. The van der Waals surface area contributed by atoms with E-state index >= 15 is 0 Å². The molecule has 8 heteroatoms. The number of hydrogen-bond donors (Lipinski definition) is 1. The molecule has 27 heavy (non-hydrogen) atoms. The molecule has 1 N–H and O–H groups in total. The number of amides is 1.